The molecule has 1 N–H and O–H groups in total. The topological polar surface area (TPSA) is 25.2 Å². The zero-order valence-electron chi connectivity index (χ0n) is 14.1. The molecule has 21 heavy (non-hydrogen) atoms. The van der Waals surface area contributed by atoms with Crippen LogP contribution in [0.2, 0.25) is 0 Å². The summed E-state index contributed by atoms with van der Waals surface area (Å²) >= 11 is 0. The molecule has 2 aromatic rings. The van der Waals surface area contributed by atoms with E-state index in [1.54, 1.807) is 0 Å². The summed E-state index contributed by atoms with van der Waals surface area (Å²) in [5.41, 5.74) is 3.70. The Morgan fingerprint density at radius 1 is 1.14 bits per heavy atom. The van der Waals surface area contributed by atoms with Crippen molar-refractivity contribution >= 4 is 11.0 Å². The van der Waals surface area contributed by atoms with Crippen molar-refractivity contribution in [3.05, 3.63) is 35.1 Å². The minimum Gasteiger partial charge on any atom is -0.459 e. The second-order valence-corrected chi connectivity index (χ2v) is 6.31. The molecule has 2 rings (SSSR count). The number of furan rings is 1. The number of nitrogens with one attached hydrogen (secondary N) is 1. The van der Waals surface area contributed by atoms with E-state index in [-0.39, 0.29) is 0 Å². The number of fused-ring (bicyclic) bond motifs is 1. The molecule has 0 aliphatic rings. The predicted molar refractivity (Wildman–Crippen MR) is 91.0 cm³/mol. The van der Waals surface area contributed by atoms with Crippen molar-refractivity contribution in [2.24, 2.45) is 0 Å². The van der Waals surface area contributed by atoms with E-state index in [0.717, 1.165) is 37.2 Å². The molecule has 116 valence electrons. The Labute approximate surface area is 128 Å². The summed E-state index contributed by atoms with van der Waals surface area (Å²) in [5.74, 6) is 1.58. The van der Waals surface area contributed by atoms with Gasteiger partial charge >= 0.3 is 0 Å². The molecule has 1 aromatic heterocycles. The Balaban J connectivity index is 2.44. The van der Waals surface area contributed by atoms with Crippen molar-refractivity contribution in [2.45, 2.75) is 65.8 Å². The zero-order chi connectivity index (χ0) is 15.4. The van der Waals surface area contributed by atoms with Gasteiger partial charge in [0.25, 0.3) is 0 Å². The molecule has 1 unspecified atom stereocenters. The first-order valence-electron chi connectivity index (χ1n) is 8.34. The van der Waals surface area contributed by atoms with Gasteiger partial charge in [-0.2, -0.15) is 0 Å². The largest absolute Gasteiger partial charge is 0.459 e. The monoisotopic (exact) mass is 287 g/mol. The molecule has 0 fully saturated rings. The minimum atomic E-state index is 0.335. The van der Waals surface area contributed by atoms with Gasteiger partial charge < -0.3 is 9.73 Å². The maximum Gasteiger partial charge on any atom is 0.138 e. The van der Waals surface area contributed by atoms with Crippen LogP contribution in [0.25, 0.3) is 11.0 Å². The molecule has 1 aromatic carbocycles. The fourth-order valence-corrected chi connectivity index (χ4v) is 2.88. The number of hydrogen-bond donors (Lipinski definition) is 1. The number of aryl methyl sites for hydroxylation is 1. The van der Waals surface area contributed by atoms with Crippen LogP contribution in [0.15, 0.2) is 22.6 Å². The zero-order valence-corrected chi connectivity index (χ0v) is 14.1. The van der Waals surface area contributed by atoms with Crippen LogP contribution < -0.4 is 5.32 Å². The number of benzene rings is 1. The number of hydrogen-bond acceptors (Lipinski definition) is 2. The van der Waals surface area contributed by atoms with Crippen LogP contribution in [-0.2, 0) is 0 Å². The Hall–Kier alpha value is -1.28. The molecule has 0 aliphatic heterocycles. The third-order valence-corrected chi connectivity index (χ3v) is 4.13. The first-order valence-corrected chi connectivity index (χ1v) is 8.34. The van der Waals surface area contributed by atoms with Crippen molar-refractivity contribution in [3.63, 3.8) is 0 Å². The molecule has 0 saturated heterocycles. The van der Waals surface area contributed by atoms with E-state index in [4.69, 9.17) is 4.42 Å². The highest BCUT2D eigenvalue weighted by Gasteiger charge is 2.18. The van der Waals surface area contributed by atoms with Crippen LogP contribution in [0.3, 0.4) is 0 Å². The van der Waals surface area contributed by atoms with Crippen molar-refractivity contribution in [2.75, 3.05) is 6.54 Å². The molecule has 0 saturated carbocycles. The van der Waals surface area contributed by atoms with E-state index < -0.39 is 0 Å². The molecular weight excluding hydrogens is 258 g/mol. The summed E-state index contributed by atoms with van der Waals surface area (Å²) in [6, 6.07) is 7.01. The van der Waals surface area contributed by atoms with Gasteiger partial charge in [-0.15, -0.1) is 0 Å². The Bertz CT molecular complexity index is 583. The summed E-state index contributed by atoms with van der Waals surface area (Å²) in [6.45, 7) is 12.1. The van der Waals surface area contributed by atoms with E-state index >= 15 is 0 Å². The molecule has 0 bridgehead atoms. The van der Waals surface area contributed by atoms with Crippen LogP contribution in [0.5, 0.6) is 0 Å². The van der Waals surface area contributed by atoms with E-state index in [0.29, 0.717) is 12.0 Å². The van der Waals surface area contributed by atoms with Gasteiger partial charge in [-0.05, 0) is 49.4 Å². The molecular formula is C19H29NO. The maximum atomic E-state index is 6.29. The fraction of sp³-hybridized carbons (Fsp3) is 0.579. The molecule has 0 spiro atoms. The molecule has 1 heterocycles. The third kappa shape index (κ3) is 3.49. The lowest BCUT2D eigenvalue weighted by molar-refractivity contribution is 0.406. The first kappa shape index (κ1) is 16.1. The molecule has 0 amide bonds. The normalized spacial score (nSPS) is 13.2. The van der Waals surface area contributed by atoms with Gasteiger partial charge in [-0.25, -0.2) is 0 Å². The quantitative estimate of drug-likeness (QED) is 0.706. The molecule has 2 heteroatoms. The highest BCUT2D eigenvalue weighted by molar-refractivity contribution is 5.85. The summed E-state index contributed by atoms with van der Waals surface area (Å²) < 4.78 is 6.29. The smallest absolute Gasteiger partial charge is 0.138 e. The van der Waals surface area contributed by atoms with E-state index in [1.807, 2.05) is 0 Å². The van der Waals surface area contributed by atoms with Gasteiger partial charge in [0.05, 0.1) is 6.04 Å². The van der Waals surface area contributed by atoms with Gasteiger partial charge in [0.2, 0.25) is 0 Å². The average molecular weight is 287 g/mol. The fourth-order valence-electron chi connectivity index (χ4n) is 2.88. The number of rotatable bonds is 7. The summed E-state index contributed by atoms with van der Waals surface area (Å²) in [4.78, 5) is 0. The standard InChI is InChI=1S/C19H29NO/c1-6-8-17(20-11-7-2)18-12-16-14(5)9-10-15(13(3)4)19(16)21-18/h9-10,12-13,17,20H,6-8,11H2,1-5H3. The average Bonchev–Trinajstić information content (AvgIpc) is 2.89. The lowest BCUT2D eigenvalue weighted by Crippen LogP contribution is -2.21. The van der Waals surface area contributed by atoms with E-state index in [1.165, 1.54) is 16.5 Å². The molecule has 2 nitrogen and oxygen atoms in total. The van der Waals surface area contributed by atoms with E-state index in [2.05, 4.69) is 58.1 Å². The van der Waals surface area contributed by atoms with Crippen molar-refractivity contribution in [1.82, 2.24) is 5.32 Å². The summed E-state index contributed by atoms with van der Waals surface area (Å²) in [7, 11) is 0. The van der Waals surface area contributed by atoms with Crippen LogP contribution in [-0.4, -0.2) is 6.54 Å². The Morgan fingerprint density at radius 2 is 1.90 bits per heavy atom. The van der Waals surface area contributed by atoms with Gasteiger partial charge in [-0.3, -0.25) is 0 Å². The van der Waals surface area contributed by atoms with Crippen molar-refractivity contribution < 1.29 is 4.42 Å². The second kappa shape index (κ2) is 7.13. The summed E-state index contributed by atoms with van der Waals surface area (Å²) in [5, 5.41) is 4.90. The Kier molecular flexibility index (Phi) is 5.46. The van der Waals surface area contributed by atoms with Gasteiger partial charge in [0, 0.05) is 5.39 Å². The molecule has 0 radical (unpaired) electrons. The van der Waals surface area contributed by atoms with Crippen LogP contribution in [0, 0.1) is 6.92 Å². The lowest BCUT2D eigenvalue weighted by atomic mass is 9.98. The minimum absolute atomic E-state index is 0.335. The maximum absolute atomic E-state index is 6.29. The van der Waals surface area contributed by atoms with Crippen LogP contribution >= 0.6 is 0 Å². The highest BCUT2D eigenvalue weighted by Crippen LogP contribution is 2.33. The SMILES string of the molecule is CCCNC(CCC)c1cc2c(C)ccc(C(C)C)c2o1. The molecule has 1 atom stereocenters. The lowest BCUT2D eigenvalue weighted by Gasteiger charge is -2.15. The predicted octanol–water partition coefficient (Wildman–Crippen LogP) is 5.71. The first-order chi connectivity index (χ1) is 10.1. The van der Waals surface area contributed by atoms with Crippen LogP contribution in [0.4, 0.5) is 0 Å². The van der Waals surface area contributed by atoms with Gasteiger partial charge in [0.1, 0.15) is 11.3 Å². The molecule has 0 aliphatic carbocycles. The van der Waals surface area contributed by atoms with Gasteiger partial charge in [-0.1, -0.05) is 46.2 Å². The van der Waals surface area contributed by atoms with Crippen LogP contribution in [0.1, 0.15) is 75.8 Å². The summed E-state index contributed by atoms with van der Waals surface area (Å²) in [6.07, 6.45) is 3.43. The van der Waals surface area contributed by atoms with Crippen molar-refractivity contribution in [1.29, 1.82) is 0 Å². The third-order valence-electron chi connectivity index (χ3n) is 4.13. The Morgan fingerprint density at radius 3 is 2.52 bits per heavy atom. The van der Waals surface area contributed by atoms with Gasteiger partial charge in [0.15, 0.2) is 0 Å². The van der Waals surface area contributed by atoms with Crippen molar-refractivity contribution in [3.8, 4) is 0 Å². The van der Waals surface area contributed by atoms with E-state index in [9.17, 15) is 0 Å². The highest BCUT2D eigenvalue weighted by atomic mass is 16.3. The second-order valence-electron chi connectivity index (χ2n) is 6.31.